The van der Waals surface area contributed by atoms with E-state index in [1.807, 2.05) is 0 Å². The summed E-state index contributed by atoms with van der Waals surface area (Å²) >= 11 is 0. The zero-order valence-electron chi connectivity index (χ0n) is 15.1. The average molecular weight is 353 g/mol. The van der Waals surface area contributed by atoms with Crippen molar-refractivity contribution in [3.8, 4) is 0 Å². The van der Waals surface area contributed by atoms with Crippen LogP contribution >= 0.6 is 0 Å². The van der Waals surface area contributed by atoms with Gasteiger partial charge >= 0.3 is 5.97 Å². The fourth-order valence-corrected chi connectivity index (χ4v) is 3.22. The van der Waals surface area contributed by atoms with Gasteiger partial charge in [-0.15, -0.1) is 0 Å². The first-order valence-corrected chi connectivity index (χ1v) is 8.81. The van der Waals surface area contributed by atoms with E-state index in [-0.39, 0.29) is 5.91 Å². The predicted molar refractivity (Wildman–Crippen MR) is 101 cm³/mol. The fourth-order valence-electron chi connectivity index (χ4n) is 3.22. The standard InChI is InChI=1S/C20H23N3O3/c1-14-15(20(25)26-2)8-6-10-17(14)22-19(24)16-9-7-11-21-18(16)23-12-4-3-5-13-23/h6-11H,3-5,12-13H2,1-2H3,(H,22,24). The number of piperidine rings is 1. The highest BCUT2D eigenvalue weighted by Crippen LogP contribution is 2.24. The molecule has 1 aliphatic rings. The van der Waals surface area contributed by atoms with Gasteiger partial charge in [-0.05, 0) is 56.0 Å². The van der Waals surface area contributed by atoms with Gasteiger partial charge in [0.1, 0.15) is 5.82 Å². The van der Waals surface area contributed by atoms with Crippen LogP contribution in [0.5, 0.6) is 0 Å². The van der Waals surface area contributed by atoms with Crippen molar-refractivity contribution < 1.29 is 14.3 Å². The summed E-state index contributed by atoms with van der Waals surface area (Å²) in [6.45, 7) is 3.61. The lowest BCUT2D eigenvalue weighted by atomic mass is 10.1. The number of hydrogen-bond acceptors (Lipinski definition) is 5. The number of amides is 1. The lowest BCUT2D eigenvalue weighted by molar-refractivity contribution is 0.0599. The fraction of sp³-hybridized carbons (Fsp3) is 0.350. The molecule has 1 aromatic carbocycles. The second-order valence-corrected chi connectivity index (χ2v) is 6.35. The number of aromatic nitrogens is 1. The summed E-state index contributed by atoms with van der Waals surface area (Å²) in [6, 6.07) is 8.73. The molecule has 1 aliphatic heterocycles. The molecule has 3 rings (SSSR count). The Balaban J connectivity index is 1.86. The van der Waals surface area contributed by atoms with Crippen molar-refractivity contribution in [3.05, 3.63) is 53.2 Å². The van der Waals surface area contributed by atoms with Crippen molar-refractivity contribution in [2.24, 2.45) is 0 Å². The summed E-state index contributed by atoms with van der Waals surface area (Å²) in [5, 5.41) is 2.91. The number of anilines is 2. The van der Waals surface area contributed by atoms with Gasteiger partial charge in [0, 0.05) is 25.0 Å². The molecule has 0 bridgehead atoms. The first kappa shape index (κ1) is 17.9. The summed E-state index contributed by atoms with van der Waals surface area (Å²) in [4.78, 5) is 31.3. The van der Waals surface area contributed by atoms with E-state index in [1.54, 1.807) is 43.5 Å². The molecule has 1 amide bonds. The van der Waals surface area contributed by atoms with Crippen LogP contribution in [0.2, 0.25) is 0 Å². The van der Waals surface area contributed by atoms with Crippen LogP contribution in [-0.4, -0.2) is 37.1 Å². The van der Waals surface area contributed by atoms with Gasteiger partial charge in [0.2, 0.25) is 0 Å². The van der Waals surface area contributed by atoms with E-state index >= 15 is 0 Å². The topological polar surface area (TPSA) is 71.5 Å². The third-order valence-corrected chi connectivity index (χ3v) is 4.67. The van der Waals surface area contributed by atoms with Gasteiger partial charge in [-0.2, -0.15) is 0 Å². The summed E-state index contributed by atoms with van der Waals surface area (Å²) in [5.74, 6) is 0.0595. The summed E-state index contributed by atoms with van der Waals surface area (Å²) in [6.07, 6.45) is 5.14. The zero-order valence-corrected chi connectivity index (χ0v) is 15.1. The van der Waals surface area contributed by atoms with E-state index in [1.165, 1.54) is 13.5 Å². The van der Waals surface area contributed by atoms with Crippen LogP contribution in [0.3, 0.4) is 0 Å². The number of benzene rings is 1. The largest absolute Gasteiger partial charge is 0.465 e. The number of carbonyl (C=O) groups is 2. The molecule has 0 aliphatic carbocycles. The minimum atomic E-state index is -0.422. The van der Waals surface area contributed by atoms with Gasteiger partial charge in [-0.3, -0.25) is 4.79 Å². The van der Waals surface area contributed by atoms with Crippen LogP contribution in [0, 0.1) is 6.92 Å². The average Bonchev–Trinajstić information content (AvgIpc) is 2.69. The minimum absolute atomic E-state index is 0.233. The Morgan fingerprint density at radius 2 is 1.81 bits per heavy atom. The number of methoxy groups -OCH3 is 1. The third-order valence-electron chi connectivity index (χ3n) is 4.67. The monoisotopic (exact) mass is 353 g/mol. The van der Waals surface area contributed by atoms with Gasteiger partial charge in [0.15, 0.2) is 0 Å². The second-order valence-electron chi connectivity index (χ2n) is 6.35. The Kier molecular flexibility index (Phi) is 5.51. The second kappa shape index (κ2) is 7.99. The SMILES string of the molecule is COC(=O)c1cccc(NC(=O)c2cccnc2N2CCCCC2)c1C. The van der Waals surface area contributed by atoms with Crippen molar-refractivity contribution in [1.29, 1.82) is 0 Å². The smallest absolute Gasteiger partial charge is 0.338 e. The highest BCUT2D eigenvalue weighted by Gasteiger charge is 2.21. The number of ether oxygens (including phenoxy) is 1. The lowest BCUT2D eigenvalue weighted by Crippen LogP contribution is -2.32. The number of pyridine rings is 1. The molecule has 1 saturated heterocycles. The van der Waals surface area contributed by atoms with E-state index in [9.17, 15) is 9.59 Å². The molecular formula is C20H23N3O3. The highest BCUT2D eigenvalue weighted by atomic mass is 16.5. The van der Waals surface area contributed by atoms with Crippen molar-refractivity contribution in [3.63, 3.8) is 0 Å². The molecule has 2 aromatic rings. The minimum Gasteiger partial charge on any atom is -0.465 e. The van der Waals surface area contributed by atoms with E-state index in [2.05, 4.69) is 15.2 Å². The lowest BCUT2D eigenvalue weighted by Gasteiger charge is -2.29. The van der Waals surface area contributed by atoms with E-state index < -0.39 is 5.97 Å². The van der Waals surface area contributed by atoms with Crippen LogP contribution in [-0.2, 0) is 4.74 Å². The van der Waals surface area contributed by atoms with Crippen molar-refractivity contribution in [1.82, 2.24) is 4.98 Å². The molecule has 2 heterocycles. The number of nitrogens with zero attached hydrogens (tertiary/aromatic N) is 2. The molecule has 0 spiro atoms. The Hall–Kier alpha value is -2.89. The van der Waals surface area contributed by atoms with Crippen molar-refractivity contribution in [2.45, 2.75) is 26.2 Å². The molecule has 136 valence electrons. The van der Waals surface area contributed by atoms with Crippen LogP contribution < -0.4 is 10.2 Å². The highest BCUT2D eigenvalue weighted by molar-refractivity contribution is 6.08. The van der Waals surface area contributed by atoms with Gasteiger partial charge < -0.3 is 15.0 Å². The maximum Gasteiger partial charge on any atom is 0.338 e. The normalized spacial score (nSPS) is 14.0. The number of hydrogen-bond donors (Lipinski definition) is 1. The van der Waals surface area contributed by atoms with Crippen LogP contribution in [0.25, 0.3) is 0 Å². The van der Waals surface area contributed by atoms with Crippen molar-refractivity contribution >= 4 is 23.4 Å². The molecule has 0 atom stereocenters. The van der Waals surface area contributed by atoms with Gasteiger partial charge in [0.05, 0.1) is 18.2 Å². The number of carbonyl (C=O) groups excluding carboxylic acids is 2. The summed E-state index contributed by atoms with van der Waals surface area (Å²) in [5.41, 5.74) is 2.24. The Bertz CT molecular complexity index is 814. The molecule has 6 nitrogen and oxygen atoms in total. The molecule has 0 radical (unpaired) electrons. The molecule has 1 N–H and O–H groups in total. The number of nitrogens with one attached hydrogen (secondary N) is 1. The third kappa shape index (κ3) is 3.69. The molecular weight excluding hydrogens is 330 g/mol. The van der Waals surface area contributed by atoms with E-state index in [4.69, 9.17) is 4.74 Å². The Labute approximate surface area is 153 Å². The van der Waals surface area contributed by atoms with E-state index in [0.29, 0.717) is 28.2 Å². The van der Waals surface area contributed by atoms with Gasteiger partial charge in [-0.25, -0.2) is 9.78 Å². The first-order chi connectivity index (χ1) is 12.6. The van der Waals surface area contributed by atoms with Crippen LogP contribution in [0.4, 0.5) is 11.5 Å². The Morgan fingerprint density at radius 1 is 1.08 bits per heavy atom. The molecule has 26 heavy (non-hydrogen) atoms. The molecule has 0 unspecified atom stereocenters. The number of rotatable bonds is 4. The van der Waals surface area contributed by atoms with Gasteiger partial charge in [-0.1, -0.05) is 6.07 Å². The molecule has 1 aromatic heterocycles. The van der Waals surface area contributed by atoms with E-state index in [0.717, 1.165) is 25.9 Å². The van der Waals surface area contributed by atoms with Crippen LogP contribution in [0.1, 0.15) is 45.5 Å². The molecule has 6 heteroatoms. The molecule has 0 saturated carbocycles. The van der Waals surface area contributed by atoms with Crippen molar-refractivity contribution in [2.75, 3.05) is 30.4 Å². The quantitative estimate of drug-likeness (QED) is 0.853. The first-order valence-electron chi connectivity index (χ1n) is 8.81. The molecule has 1 fully saturated rings. The summed E-state index contributed by atoms with van der Waals surface area (Å²) in [7, 11) is 1.34. The number of esters is 1. The zero-order chi connectivity index (χ0) is 18.5. The maximum atomic E-state index is 12.9. The Morgan fingerprint density at radius 3 is 2.54 bits per heavy atom. The predicted octanol–water partition coefficient (Wildman–Crippen LogP) is 3.42. The maximum absolute atomic E-state index is 12.9. The van der Waals surface area contributed by atoms with Crippen LogP contribution in [0.15, 0.2) is 36.5 Å². The summed E-state index contributed by atoms with van der Waals surface area (Å²) < 4.78 is 4.79. The van der Waals surface area contributed by atoms with Gasteiger partial charge in [0.25, 0.3) is 5.91 Å².